The summed E-state index contributed by atoms with van der Waals surface area (Å²) in [6, 6.07) is 0. The zero-order valence-corrected chi connectivity index (χ0v) is 11.2. The largest absolute Gasteiger partial charge is 0.473 e. The quantitative estimate of drug-likeness (QED) is 0.189. The van der Waals surface area contributed by atoms with Crippen LogP contribution in [-0.2, 0) is 62.9 Å². The molecule has 0 aromatic heterocycles. The van der Waals surface area contributed by atoms with E-state index in [0.717, 1.165) is 0 Å². The first kappa shape index (κ1) is 30.7. The third kappa shape index (κ3) is 36.0. The molecule has 0 rings (SSSR count). The number of hydrogen-bond donors (Lipinski definition) is 6. The summed E-state index contributed by atoms with van der Waals surface area (Å²) in [5.41, 5.74) is 0. The molecular formula is C6H6Mn2O12. The first-order valence-electron chi connectivity index (χ1n) is 3.32. The van der Waals surface area contributed by atoms with Crippen LogP contribution < -0.4 is 0 Å². The Hall–Kier alpha value is -2.14. The molecule has 0 aromatic rings. The predicted molar refractivity (Wildman–Crippen MR) is 45.8 cm³/mol. The van der Waals surface area contributed by atoms with E-state index >= 15 is 0 Å². The molecule has 0 saturated carbocycles. The molecule has 0 saturated heterocycles. The Morgan fingerprint density at radius 1 is 0.350 bits per heavy atom. The maximum absolute atomic E-state index is 9.10. The van der Waals surface area contributed by atoms with Crippen molar-refractivity contribution in [3.63, 3.8) is 0 Å². The number of carboxylic acids is 6. The van der Waals surface area contributed by atoms with Crippen molar-refractivity contribution >= 4 is 35.8 Å². The molecule has 2 radical (unpaired) electrons. The summed E-state index contributed by atoms with van der Waals surface area (Å²) in [5.74, 6) is -10.9. The molecule has 14 heteroatoms. The number of carbonyl (C=O) groups is 6. The molecule has 0 bridgehead atoms. The Morgan fingerprint density at radius 3 is 0.400 bits per heavy atom. The Balaban J connectivity index is -0.0000000536. The van der Waals surface area contributed by atoms with Crippen LogP contribution in [0.5, 0.6) is 0 Å². The van der Waals surface area contributed by atoms with Gasteiger partial charge in [-0.3, -0.25) is 0 Å². The summed E-state index contributed by atoms with van der Waals surface area (Å²) >= 11 is 0. The van der Waals surface area contributed by atoms with Crippen molar-refractivity contribution < 1.29 is 93.5 Å². The molecule has 0 aliphatic carbocycles. The van der Waals surface area contributed by atoms with E-state index in [9.17, 15) is 0 Å². The van der Waals surface area contributed by atoms with Gasteiger partial charge in [0.1, 0.15) is 0 Å². The molecule has 0 unspecified atom stereocenters. The van der Waals surface area contributed by atoms with Gasteiger partial charge in [-0.25, -0.2) is 28.8 Å². The standard InChI is InChI=1S/3C2H2O4.2Mn/c3*3-1(4)2(5)6;;/h3*(H,3,4)(H,5,6);;. The summed E-state index contributed by atoms with van der Waals surface area (Å²) in [6.45, 7) is 0. The molecule has 116 valence electrons. The molecule has 12 nitrogen and oxygen atoms in total. The molecule has 0 atom stereocenters. The zero-order chi connectivity index (χ0) is 15.5. The van der Waals surface area contributed by atoms with Gasteiger partial charge >= 0.3 is 35.8 Å². The third-order valence-electron chi connectivity index (χ3n) is 0.549. The van der Waals surface area contributed by atoms with E-state index in [0.29, 0.717) is 0 Å². The number of rotatable bonds is 0. The monoisotopic (exact) mass is 380 g/mol. The molecular weight excluding hydrogens is 374 g/mol. The molecule has 0 heterocycles. The van der Waals surface area contributed by atoms with Crippen LogP contribution in [0.2, 0.25) is 0 Å². The van der Waals surface area contributed by atoms with Gasteiger partial charge in [-0.1, -0.05) is 0 Å². The Kier molecular flexibility index (Phi) is 25.9. The van der Waals surface area contributed by atoms with Crippen LogP contribution in [0.15, 0.2) is 0 Å². The second kappa shape index (κ2) is 16.9. The van der Waals surface area contributed by atoms with E-state index in [-0.39, 0.29) is 34.1 Å². The van der Waals surface area contributed by atoms with Gasteiger partial charge in [-0.15, -0.1) is 0 Å². The maximum atomic E-state index is 9.10. The van der Waals surface area contributed by atoms with Crippen molar-refractivity contribution in [3.8, 4) is 0 Å². The predicted octanol–water partition coefficient (Wildman–Crippen LogP) is -2.54. The fourth-order valence-electron chi connectivity index (χ4n) is 0. The smallest absolute Gasteiger partial charge is 0.414 e. The Labute approximate surface area is 130 Å². The average molecular weight is 380 g/mol. The van der Waals surface area contributed by atoms with Crippen LogP contribution in [0.1, 0.15) is 0 Å². The van der Waals surface area contributed by atoms with Gasteiger partial charge in [-0.2, -0.15) is 0 Å². The van der Waals surface area contributed by atoms with Crippen molar-refractivity contribution in [2.24, 2.45) is 0 Å². The molecule has 0 spiro atoms. The maximum Gasteiger partial charge on any atom is 0.414 e. The minimum absolute atomic E-state index is 0. The van der Waals surface area contributed by atoms with Gasteiger partial charge in [-0.05, 0) is 0 Å². The third-order valence-corrected chi connectivity index (χ3v) is 0.549. The molecule has 6 N–H and O–H groups in total. The Bertz CT molecular complexity index is 281. The summed E-state index contributed by atoms with van der Waals surface area (Å²) in [6.07, 6.45) is 0. The van der Waals surface area contributed by atoms with Gasteiger partial charge in [0.15, 0.2) is 0 Å². The van der Waals surface area contributed by atoms with Gasteiger partial charge < -0.3 is 30.6 Å². The summed E-state index contributed by atoms with van der Waals surface area (Å²) in [7, 11) is 0. The minimum atomic E-state index is -1.82. The van der Waals surface area contributed by atoms with Crippen molar-refractivity contribution in [2.75, 3.05) is 0 Å². The normalized spacial score (nSPS) is 6.60. The van der Waals surface area contributed by atoms with E-state index in [4.69, 9.17) is 59.4 Å². The summed E-state index contributed by atoms with van der Waals surface area (Å²) in [5, 5.41) is 44.3. The van der Waals surface area contributed by atoms with E-state index in [1.165, 1.54) is 0 Å². The Morgan fingerprint density at radius 2 is 0.400 bits per heavy atom. The molecule has 0 aliphatic rings. The van der Waals surface area contributed by atoms with Crippen LogP contribution in [0, 0.1) is 0 Å². The summed E-state index contributed by atoms with van der Waals surface area (Å²) < 4.78 is 0. The minimum Gasteiger partial charge on any atom is -0.473 e. The topological polar surface area (TPSA) is 224 Å². The van der Waals surface area contributed by atoms with Crippen LogP contribution >= 0.6 is 0 Å². The van der Waals surface area contributed by atoms with E-state index in [2.05, 4.69) is 0 Å². The van der Waals surface area contributed by atoms with Crippen LogP contribution in [0.25, 0.3) is 0 Å². The fourth-order valence-corrected chi connectivity index (χ4v) is 0. The molecule has 0 fully saturated rings. The first-order valence-corrected chi connectivity index (χ1v) is 3.32. The van der Waals surface area contributed by atoms with E-state index < -0.39 is 35.8 Å². The molecule has 0 amide bonds. The van der Waals surface area contributed by atoms with Crippen LogP contribution in [-0.4, -0.2) is 66.5 Å². The SMILES string of the molecule is O=C(O)C(=O)O.O=C(O)C(=O)O.O=C(O)C(=O)O.[Mn].[Mn]. The number of carboxylic acid groups (broad SMARTS) is 6. The van der Waals surface area contributed by atoms with Crippen molar-refractivity contribution in [3.05, 3.63) is 0 Å². The van der Waals surface area contributed by atoms with E-state index in [1.54, 1.807) is 0 Å². The second-order valence-corrected chi connectivity index (χ2v) is 1.83. The van der Waals surface area contributed by atoms with Crippen LogP contribution in [0.4, 0.5) is 0 Å². The van der Waals surface area contributed by atoms with Crippen LogP contribution in [0.3, 0.4) is 0 Å². The van der Waals surface area contributed by atoms with Gasteiger partial charge in [0.05, 0.1) is 0 Å². The fraction of sp³-hybridized carbons (Fsp3) is 0. The van der Waals surface area contributed by atoms with Crippen molar-refractivity contribution in [1.82, 2.24) is 0 Å². The zero-order valence-electron chi connectivity index (χ0n) is 8.89. The summed E-state index contributed by atoms with van der Waals surface area (Å²) in [4.78, 5) is 54.6. The van der Waals surface area contributed by atoms with Gasteiger partial charge in [0.25, 0.3) is 0 Å². The van der Waals surface area contributed by atoms with Gasteiger partial charge in [0, 0.05) is 34.1 Å². The van der Waals surface area contributed by atoms with Crippen molar-refractivity contribution in [2.45, 2.75) is 0 Å². The molecule has 0 aliphatic heterocycles. The number of aliphatic carboxylic acids is 6. The van der Waals surface area contributed by atoms with Crippen molar-refractivity contribution in [1.29, 1.82) is 0 Å². The van der Waals surface area contributed by atoms with E-state index in [1.807, 2.05) is 0 Å². The van der Waals surface area contributed by atoms with Gasteiger partial charge in [0.2, 0.25) is 0 Å². The molecule has 0 aromatic carbocycles. The molecule has 20 heavy (non-hydrogen) atoms. The first-order chi connectivity index (χ1) is 7.93. The second-order valence-electron chi connectivity index (χ2n) is 1.83. The average Bonchev–Trinajstić information content (AvgIpc) is 2.18. The number of hydrogen-bond acceptors (Lipinski definition) is 6.